The topological polar surface area (TPSA) is 94.2 Å². The van der Waals surface area contributed by atoms with E-state index in [1.54, 1.807) is 23.6 Å². The molecule has 0 saturated carbocycles. The second-order valence-corrected chi connectivity index (χ2v) is 7.70. The number of hydrogen-bond acceptors (Lipinski definition) is 6. The third kappa shape index (κ3) is 4.52. The van der Waals surface area contributed by atoms with Crippen LogP contribution in [-0.4, -0.2) is 63.0 Å². The van der Waals surface area contributed by atoms with E-state index in [0.29, 0.717) is 36.4 Å². The monoisotopic (exact) mass is 410 g/mol. The molecule has 1 fully saturated rings. The molecule has 1 saturated heterocycles. The maximum atomic E-state index is 13.1. The lowest BCUT2D eigenvalue weighted by atomic mass is 10.1. The van der Waals surface area contributed by atoms with Crippen molar-refractivity contribution in [3.05, 3.63) is 63.9 Å². The number of carbonyl (C=O) groups excluding carboxylic acids is 2. The maximum Gasteiger partial charge on any atom is 0.256 e. The number of thiophene rings is 1. The molecule has 2 aromatic heterocycles. The highest BCUT2D eigenvalue weighted by molar-refractivity contribution is 7.08. The highest BCUT2D eigenvalue weighted by Crippen LogP contribution is 2.20. The third-order valence-corrected chi connectivity index (χ3v) is 5.54. The molecule has 8 nitrogen and oxygen atoms in total. The zero-order valence-corrected chi connectivity index (χ0v) is 16.9. The van der Waals surface area contributed by atoms with Crippen molar-refractivity contribution in [2.45, 2.75) is 13.5 Å². The van der Waals surface area contributed by atoms with Crippen LogP contribution in [0.3, 0.4) is 0 Å². The first-order chi connectivity index (χ1) is 14.1. The summed E-state index contributed by atoms with van der Waals surface area (Å²) in [6, 6.07) is 8.92. The number of anilines is 1. The number of aryl methyl sites for hydroxylation is 1. The van der Waals surface area contributed by atoms with Gasteiger partial charge in [0.25, 0.3) is 11.8 Å². The number of para-hydroxylation sites is 1. The summed E-state index contributed by atoms with van der Waals surface area (Å²) in [6.45, 7) is 5.29. The zero-order chi connectivity index (χ0) is 20.2. The van der Waals surface area contributed by atoms with E-state index >= 15 is 0 Å². The number of aromatic amines is 1. The molecule has 2 N–H and O–H groups in total. The Bertz CT molecular complexity index is 992. The Balaban J connectivity index is 1.39. The molecule has 3 heterocycles. The van der Waals surface area contributed by atoms with Crippen molar-refractivity contribution in [1.82, 2.24) is 25.0 Å². The van der Waals surface area contributed by atoms with Gasteiger partial charge in [-0.15, -0.1) is 0 Å². The van der Waals surface area contributed by atoms with Crippen LogP contribution in [0, 0.1) is 6.92 Å². The van der Waals surface area contributed by atoms with Crippen molar-refractivity contribution in [2.75, 3.05) is 31.5 Å². The summed E-state index contributed by atoms with van der Waals surface area (Å²) in [5, 5.41) is 13.5. The minimum absolute atomic E-state index is 0.0698. The van der Waals surface area contributed by atoms with E-state index in [4.69, 9.17) is 0 Å². The van der Waals surface area contributed by atoms with Gasteiger partial charge >= 0.3 is 0 Å². The lowest BCUT2D eigenvalue weighted by molar-refractivity contribution is 0.0626. The molecule has 0 aliphatic carbocycles. The Morgan fingerprint density at radius 3 is 2.66 bits per heavy atom. The first-order valence-corrected chi connectivity index (χ1v) is 10.4. The van der Waals surface area contributed by atoms with Gasteiger partial charge in [0.2, 0.25) is 0 Å². The van der Waals surface area contributed by atoms with E-state index in [-0.39, 0.29) is 11.8 Å². The van der Waals surface area contributed by atoms with Crippen LogP contribution in [0.4, 0.5) is 5.69 Å². The fourth-order valence-corrected chi connectivity index (χ4v) is 3.94. The maximum absolute atomic E-state index is 13.1. The number of nitrogens with zero attached hydrogens (tertiary/aromatic N) is 4. The van der Waals surface area contributed by atoms with Crippen molar-refractivity contribution < 1.29 is 9.59 Å². The van der Waals surface area contributed by atoms with Crippen molar-refractivity contribution in [3.63, 3.8) is 0 Å². The summed E-state index contributed by atoms with van der Waals surface area (Å²) in [7, 11) is 0. The number of H-pyrrole nitrogens is 1. The van der Waals surface area contributed by atoms with Gasteiger partial charge in [0.1, 0.15) is 5.82 Å². The minimum atomic E-state index is -0.210. The van der Waals surface area contributed by atoms with Crippen LogP contribution in [0.5, 0.6) is 0 Å². The highest BCUT2D eigenvalue weighted by atomic mass is 32.1. The lowest BCUT2D eigenvalue weighted by Crippen LogP contribution is -2.48. The van der Waals surface area contributed by atoms with Crippen molar-refractivity contribution in [1.29, 1.82) is 0 Å². The summed E-state index contributed by atoms with van der Waals surface area (Å²) < 4.78 is 0. The second kappa shape index (κ2) is 8.54. The Hall–Kier alpha value is -3.04. The number of nitrogens with one attached hydrogen (secondary N) is 2. The molecule has 0 atom stereocenters. The summed E-state index contributed by atoms with van der Waals surface area (Å²) in [5.41, 5.74) is 1.63. The van der Waals surface area contributed by atoms with E-state index in [2.05, 4.69) is 25.4 Å². The van der Waals surface area contributed by atoms with Gasteiger partial charge in [-0.1, -0.05) is 12.1 Å². The van der Waals surface area contributed by atoms with Crippen LogP contribution in [0.1, 0.15) is 32.4 Å². The molecule has 0 spiro atoms. The second-order valence-electron chi connectivity index (χ2n) is 6.92. The quantitative estimate of drug-likeness (QED) is 0.674. The number of carbonyl (C=O) groups is 2. The zero-order valence-electron chi connectivity index (χ0n) is 16.1. The van der Waals surface area contributed by atoms with Gasteiger partial charge in [-0.3, -0.25) is 19.6 Å². The molecule has 0 unspecified atom stereocenters. The molecule has 2 amide bonds. The molecule has 4 rings (SSSR count). The predicted molar refractivity (Wildman–Crippen MR) is 111 cm³/mol. The third-order valence-electron chi connectivity index (χ3n) is 4.86. The van der Waals surface area contributed by atoms with Crippen LogP contribution >= 0.6 is 11.3 Å². The first kappa shape index (κ1) is 19.3. The molecular formula is C20H22N6O2S. The average molecular weight is 411 g/mol. The Morgan fingerprint density at radius 1 is 1.17 bits per heavy atom. The molecule has 150 valence electrons. The van der Waals surface area contributed by atoms with Gasteiger partial charge in [0.05, 0.1) is 23.4 Å². The molecule has 1 aliphatic rings. The van der Waals surface area contributed by atoms with Crippen LogP contribution in [0.2, 0.25) is 0 Å². The van der Waals surface area contributed by atoms with E-state index in [0.717, 1.165) is 24.7 Å². The average Bonchev–Trinajstić information content (AvgIpc) is 3.41. The van der Waals surface area contributed by atoms with Gasteiger partial charge in [0.15, 0.2) is 5.82 Å². The molecule has 29 heavy (non-hydrogen) atoms. The summed E-state index contributed by atoms with van der Waals surface area (Å²) >= 11 is 1.46. The fourth-order valence-electron chi connectivity index (χ4n) is 3.31. The SMILES string of the molecule is Cc1nc(CN2CCN(C(=O)c3ccccc3NC(=O)c3ccsc3)CC2)n[nH]1. The standard InChI is InChI=1S/C20H22N6O2S/c1-14-21-18(24-23-14)12-25-7-9-26(10-8-25)20(28)16-4-2-3-5-17(16)22-19(27)15-6-11-29-13-15/h2-6,11,13H,7-10,12H2,1H3,(H,22,27)(H,21,23,24). The molecule has 0 radical (unpaired) electrons. The normalized spacial score (nSPS) is 14.7. The van der Waals surface area contributed by atoms with Crippen LogP contribution in [-0.2, 0) is 6.54 Å². The number of amides is 2. The number of benzene rings is 1. The number of hydrogen-bond donors (Lipinski definition) is 2. The van der Waals surface area contributed by atoms with Crippen LogP contribution < -0.4 is 5.32 Å². The fraction of sp³-hybridized carbons (Fsp3) is 0.300. The lowest BCUT2D eigenvalue weighted by Gasteiger charge is -2.34. The van der Waals surface area contributed by atoms with Crippen molar-refractivity contribution >= 4 is 28.8 Å². The van der Waals surface area contributed by atoms with Crippen molar-refractivity contribution in [2.24, 2.45) is 0 Å². The Morgan fingerprint density at radius 2 is 1.97 bits per heavy atom. The van der Waals surface area contributed by atoms with Gasteiger partial charge in [-0.2, -0.15) is 16.4 Å². The Kier molecular flexibility index (Phi) is 5.68. The van der Waals surface area contributed by atoms with E-state index < -0.39 is 0 Å². The molecule has 1 aromatic carbocycles. The molecule has 1 aliphatic heterocycles. The summed E-state index contributed by atoms with van der Waals surface area (Å²) in [6.07, 6.45) is 0. The van der Waals surface area contributed by atoms with Gasteiger partial charge in [-0.25, -0.2) is 4.98 Å². The molecule has 9 heteroatoms. The number of aromatic nitrogens is 3. The highest BCUT2D eigenvalue weighted by Gasteiger charge is 2.25. The van der Waals surface area contributed by atoms with Crippen LogP contribution in [0.15, 0.2) is 41.1 Å². The predicted octanol–water partition coefficient (Wildman–Crippen LogP) is 2.38. The number of piperazine rings is 1. The van der Waals surface area contributed by atoms with Gasteiger partial charge in [-0.05, 0) is 30.5 Å². The van der Waals surface area contributed by atoms with Gasteiger partial charge < -0.3 is 10.2 Å². The van der Waals surface area contributed by atoms with Crippen LogP contribution in [0.25, 0.3) is 0 Å². The van der Waals surface area contributed by atoms with Gasteiger partial charge in [0, 0.05) is 31.6 Å². The van der Waals surface area contributed by atoms with E-state index in [1.807, 2.05) is 29.3 Å². The summed E-state index contributed by atoms with van der Waals surface area (Å²) in [4.78, 5) is 33.9. The molecule has 3 aromatic rings. The number of rotatable bonds is 5. The molecular weight excluding hydrogens is 388 g/mol. The first-order valence-electron chi connectivity index (χ1n) is 9.42. The minimum Gasteiger partial charge on any atom is -0.336 e. The summed E-state index contributed by atoms with van der Waals surface area (Å²) in [5.74, 6) is 1.29. The van der Waals surface area contributed by atoms with E-state index in [9.17, 15) is 9.59 Å². The smallest absolute Gasteiger partial charge is 0.256 e. The van der Waals surface area contributed by atoms with E-state index in [1.165, 1.54) is 11.3 Å². The largest absolute Gasteiger partial charge is 0.336 e. The molecule has 0 bridgehead atoms. The van der Waals surface area contributed by atoms with Crippen molar-refractivity contribution in [3.8, 4) is 0 Å². The Labute approximate surface area is 172 Å².